The standard InChI is InChI=1S/C10H16O2/c11-6-3-7-5-1-9(8(7)4-6)10(12)2-5/h5-12H,1-4H2/t5-,6-,7-,8-,9+,10+/m1/s1. The van der Waals surface area contributed by atoms with E-state index in [1.165, 1.54) is 6.42 Å². The highest BCUT2D eigenvalue weighted by Crippen LogP contribution is 2.58. The maximum atomic E-state index is 9.67. The zero-order valence-electron chi connectivity index (χ0n) is 7.19. The molecule has 3 rings (SSSR count). The van der Waals surface area contributed by atoms with Gasteiger partial charge in [-0.15, -0.1) is 0 Å². The van der Waals surface area contributed by atoms with Crippen molar-refractivity contribution in [2.75, 3.05) is 0 Å². The zero-order valence-corrected chi connectivity index (χ0v) is 7.19. The monoisotopic (exact) mass is 168 g/mol. The predicted molar refractivity (Wildman–Crippen MR) is 44.4 cm³/mol. The minimum atomic E-state index is -0.0596. The molecule has 0 radical (unpaired) electrons. The maximum Gasteiger partial charge on any atom is 0.0574 e. The van der Waals surface area contributed by atoms with Gasteiger partial charge in [-0.25, -0.2) is 0 Å². The van der Waals surface area contributed by atoms with E-state index < -0.39 is 0 Å². The van der Waals surface area contributed by atoms with Crippen LogP contribution in [0.25, 0.3) is 0 Å². The Labute approximate surface area is 72.6 Å². The molecule has 0 aromatic rings. The molecule has 68 valence electrons. The van der Waals surface area contributed by atoms with Crippen LogP contribution in [0, 0.1) is 23.7 Å². The van der Waals surface area contributed by atoms with Gasteiger partial charge in [0, 0.05) is 0 Å². The Morgan fingerprint density at radius 3 is 2.33 bits per heavy atom. The van der Waals surface area contributed by atoms with E-state index in [1.807, 2.05) is 0 Å². The number of hydrogen-bond donors (Lipinski definition) is 2. The highest BCUT2D eigenvalue weighted by atomic mass is 16.3. The van der Waals surface area contributed by atoms with E-state index in [4.69, 9.17) is 0 Å². The van der Waals surface area contributed by atoms with Gasteiger partial charge in [-0.05, 0) is 49.4 Å². The third-order valence-corrected chi connectivity index (χ3v) is 4.41. The van der Waals surface area contributed by atoms with Crippen LogP contribution in [0.4, 0.5) is 0 Å². The molecule has 0 aliphatic heterocycles. The topological polar surface area (TPSA) is 40.5 Å². The van der Waals surface area contributed by atoms with Crippen LogP contribution in [-0.2, 0) is 0 Å². The van der Waals surface area contributed by atoms with Gasteiger partial charge in [-0.3, -0.25) is 0 Å². The Morgan fingerprint density at radius 2 is 1.50 bits per heavy atom. The summed E-state index contributed by atoms with van der Waals surface area (Å²) in [5.74, 6) is 2.70. The summed E-state index contributed by atoms with van der Waals surface area (Å²) in [5.41, 5.74) is 0. The molecule has 3 aliphatic rings. The summed E-state index contributed by atoms with van der Waals surface area (Å²) in [6, 6.07) is 0. The van der Waals surface area contributed by atoms with Gasteiger partial charge in [-0.2, -0.15) is 0 Å². The van der Waals surface area contributed by atoms with Crippen molar-refractivity contribution in [1.29, 1.82) is 0 Å². The van der Waals surface area contributed by atoms with E-state index in [2.05, 4.69) is 0 Å². The van der Waals surface area contributed by atoms with Gasteiger partial charge in [0.25, 0.3) is 0 Å². The first-order chi connectivity index (χ1) is 5.75. The van der Waals surface area contributed by atoms with Crippen LogP contribution in [0.1, 0.15) is 25.7 Å². The van der Waals surface area contributed by atoms with Crippen LogP contribution < -0.4 is 0 Å². The molecule has 0 aromatic carbocycles. The highest BCUT2D eigenvalue weighted by molar-refractivity contribution is 5.04. The quantitative estimate of drug-likeness (QED) is 0.561. The van der Waals surface area contributed by atoms with Crippen LogP contribution in [0.5, 0.6) is 0 Å². The zero-order chi connectivity index (χ0) is 8.29. The SMILES string of the molecule is O[C@H]1C[C@@H]2[C@H](C1)[C@@H]1C[C@@H]2[C@@H](O)C1. The molecular formula is C10H16O2. The van der Waals surface area contributed by atoms with Gasteiger partial charge in [-0.1, -0.05) is 0 Å². The van der Waals surface area contributed by atoms with Gasteiger partial charge >= 0.3 is 0 Å². The van der Waals surface area contributed by atoms with E-state index in [0.717, 1.165) is 31.1 Å². The molecule has 0 heterocycles. The third-order valence-electron chi connectivity index (χ3n) is 4.41. The number of hydrogen-bond acceptors (Lipinski definition) is 2. The van der Waals surface area contributed by atoms with Crippen LogP contribution in [-0.4, -0.2) is 22.4 Å². The van der Waals surface area contributed by atoms with Gasteiger partial charge in [0.05, 0.1) is 12.2 Å². The number of aliphatic hydroxyl groups is 2. The molecule has 2 bridgehead atoms. The van der Waals surface area contributed by atoms with Crippen LogP contribution in [0.3, 0.4) is 0 Å². The Morgan fingerprint density at radius 1 is 0.750 bits per heavy atom. The van der Waals surface area contributed by atoms with Gasteiger partial charge < -0.3 is 10.2 Å². The molecule has 6 atom stereocenters. The molecule has 3 fully saturated rings. The van der Waals surface area contributed by atoms with E-state index in [1.54, 1.807) is 0 Å². The summed E-state index contributed by atoms with van der Waals surface area (Å²) in [7, 11) is 0. The second-order valence-electron chi connectivity index (χ2n) is 4.92. The lowest BCUT2D eigenvalue weighted by Crippen LogP contribution is -2.27. The predicted octanol–water partition coefficient (Wildman–Crippen LogP) is 0.774. The molecule has 0 amide bonds. The molecule has 0 unspecified atom stereocenters. The molecule has 3 saturated carbocycles. The van der Waals surface area contributed by atoms with Crippen molar-refractivity contribution in [2.45, 2.75) is 37.9 Å². The van der Waals surface area contributed by atoms with Crippen LogP contribution in [0.2, 0.25) is 0 Å². The average molecular weight is 168 g/mol. The lowest BCUT2D eigenvalue weighted by molar-refractivity contribution is 0.0633. The Hall–Kier alpha value is -0.0800. The smallest absolute Gasteiger partial charge is 0.0574 e. The summed E-state index contributed by atoms with van der Waals surface area (Å²) in [5, 5.41) is 19.2. The van der Waals surface area contributed by atoms with Crippen LogP contribution in [0.15, 0.2) is 0 Å². The number of fused-ring (bicyclic) bond motifs is 5. The van der Waals surface area contributed by atoms with Crippen molar-refractivity contribution >= 4 is 0 Å². The van der Waals surface area contributed by atoms with Crippen molar-refractivity contribution in [3.05, 3.63) is 0 Å². The first-order valence-electron chi connectivity index (χ1n) is 5.12. The fourth-order valence-corrected chi connectivity index (χ4v) is 4.01. The molecule has 2 nitrogen and oxygen atoms in total. The third kappa shape index (κ3) is 0.775. The molecule has 2 heteroatoms. The fraction of sp³-hybridized carbons (Fsp3) is 1.00. The van der Waals surface area contributed by atoms with E-state index >= 15 is 0 Å². The van der Waals surface area contributed by atoms with E-state index in [0.29, 0.717) is 11.8 Å². The van der Waals surface area contributed by atoms with Crippen molar-refractivity contribution in [2.24, 2.45) is 23.7 Å². The second-order valence-corrected chi connectivity index (χ2v) is 4.92. The first-order valence-corrected chi connectivity index (χ1v) is 5.12. The van der Waals surface area contributed by atoms with Crippen molar-refractivity contribution < 1.29 is 10.2 Å². The Kier molecular flexibility index (Phi) is 1.37. The largest absolute Gasteiger partial charge is 0.393 e. The van der Waals surface area contributed by atoms with Gasteiger partial charge in [0.1, 0.15) is 0 Å². The molecule has 3 aliphatic carbocycles. The average Bonchev–Trinajstić information content (AvgIpc) is 2.57. The Balaban J connectivity index is 1.86. The summed E-state index contributed by atoms with van der Waals surface area (Å²) in [4.78, 5) is 0. The van der Waals surface area contributed by atoms with Crippen molar-refractivity contribution in [3.8, 4) is 0 Å². The normalized spacial score (nSPS) is 62.5. The van der Waals surface area contributed by atoms with Crippen molar-refractivity contribution in [1.82, 2.24) is 0 Å². The molecule has 12 heavy (non-hydrogen) atoms. The molecular weight excluding hydrogens is 152 g/mol. The fourth-order valence-electron chi connectivity index (χ4n) is 4.01. The van der Waals surface area contributed by atoms with Crippen molar-refractivity contribution in [3.63, 3.8) is 0 Å². The molecule has 2 N–H and O–H groups in total. The Bertz CT molecular complexity index is 200. The summed E-state index contributed by atoms with van der Waals surface area (Å²) in [6.45, 7) is 0. The van der Waals surface area contributed by atoms with Gasteiger partial charge in [0.2, 0.25) is 0 Å². The minimum Gasteiger partial charge on any atom is -0.393 e. The maximum absolute atomic E-state index is 9.67. The lowest BCUT2D eigenvalue weighted by atomic mass is 9.80. The number of rotatable bonds is 0. The molecule has 0 saturated heterocycles. The summed E-state index contributed by atoms with van der Waals surface area (Å²) < 4.78 is 0. The molecule has 0 aromatic heterocycles. The molecule has 0 spiro atoms. The number of aliphatic hydroxyl groups excluding tert-OH is 2. The van der Waals surface area contributed by atoms with Crippen LogP contribution >= 0.6 is 0 Å². The summed E-state index contributed by atoms with van der Waals surface area (Å²) in [6.07, 6.45) is 4.13. The highest BCUT2D eigenvalue weighted by Gasteiger charge is 2.55. The van der Waals surface area contributed by atoms with E-state index in [-0.39, 0.29) is 12.2 Å². The lowest BCUT2D eigenvalue weighted by Gasteiger charge is -2.27. The second kappa shape index (κ2) is 2.24. The van der Waals surface area contributed by atoms with E-state index in [9.17, 15) is 10.2 Å². The van der Waals surface area contributed by atoms with Gasteiger partial charge in [0.15, 0.2) is 0 Å². The summed E-state index contributed by atoms with van der Waals surface area (Å²) >= 11 is 0. The first kappa shape index (κ1) is 7.34. The minimum absolute atomic E-state index is 0.0402.